The van der Waals surface area contributed by atoms with Crippen LogP contribution in [0.4, 0.5) is 0 Å². The Morgan fingerprint density at radius 2 is 1.82 bits per heavy atom. The molecular weight excluding hydrogens is 268 g/mol. The van der Waals surface area contributed by atoms with Crippen molar-refractivity contribution in [3.05, 3.63) is 35.5 Å². The highest BCUT2D eigenvalue weighted by Crippen LogP contribution is 2.41. The number of benzene rings is 1. The zero-order valence-corrected chi connectivity index (χ0v) is 15.0. The predicted molar refractivity (Wildman–Crippen MR) is 95.3 cm³/mol. The first-order valence-electron chi connectivity index (χ1n) is 8.61. The van der Waals surface area contributed by atoms with E-state index in [4.69, 9.17) is 0 Å². The molecule has 3 rings (SSSR count). The molecule has 1 aliphatic rings. The van der Waals surface area contributed by atoms with Crippen molar-refractivity contribution in [2.45, 2.75) is 72.0 Å². The van der Waals surface area contributed by atoms with Crippen LogP contribution in [0.2, 0.25) is 0 Å². The van der Waals surface area contributed by atoms with Gasteiger partial charge in [-0.3, -0.25) is 0 Å². The number of hydrogen-bond acceptors (Lipinski definition) is 1. The molecule has 0 saturated heterocycles. The number of aryl methyl sites for hydroxylation is 1. The molecule has 0 bridgehead atoms. The van der Waals surface area contributed by atoms with E-state index in [-0.39, 0.29) is 11.1 Å². The lowest BCUT2D eigenvalue weighted by molar-refractivity contribution is 0.238. The van der Waals surface area contributed by atoms with Gasteiger partial charge in [0.2, 0.25) is 0 Å². The minimum Gasteiger partial charge on any atom is -0.344 e. The van der Waals surface area contributed by atoms with Crippen molar-refractivity contribution in [3.63, 3.8) is 0 Å². The Labute approximate surface area is 134 Å². The average molecular weight is 298 g/mol. The van der Waals surface area contributed by atoms with Crippen LogP contribution in [-0.2, 0) is 18.5 Å². The molecule has 1 aliphatic heterocycles. The topological polar surface area (TPSA) is 17.0 Å². The highest BCUT2D eigenvalue weighted by atomic mass is 15.1. The summed E-state index contributed by atoms with van der Waals surface area (Å²) in [4.78, 5) is 0. The summed E-state index contributed by atoms with van der Waals surface area (Å²) in [5.74, 6) is 0.736. The van der Waals surface area contributed by atoms with E-state index in [1.54, 1.807) is 0 Å². The highest BCUT2D eigenvalue weighted by Gasteiger charge is 2.40. The van der Waals surface area contributed by atoms with Crippen molar-refractivity contribution in [1.29, 1.82) is 0 Å². The number of hydrogen-bond donors (Lipinski definition) is 1. The van der Waals surface area contributed by atoms with Gasteiger partial charge in [0.15, 0.2) is 0 Å². The molecule has 2 heteroatoms. The lowest BCUT2D eigenvalue weighted by atomic mass is 9.80. The Balaban J connectivity index is 2.23. The van der Waals surface area contributed by atoms with E-state index in [1.807, 2.05) is 0 Å². The standard InChI is InChI=1S/C20H30N2/c1-14(2)11-12-22-16-10-8-7-9-15(16)18-17(22)13-19(3,4)21-20(18,5)6/h7-10,14,21H,11-13H2,1-6H3. The van der Waals surface area contributed by atoms with Gasteiger partial charge in [-0.05, 0) is 46.1 Å². The third kappa shape index (κ3) is 2.58. The van der Waals surface area contributed by atoms with E-state index in [0.717, 1.165) is 18.9 Å². The Morgan fingerprint density at radius 3 is 2.50 bits per heavy atom. The molecule has 0 amide bonds. The maximum atomic E-state index is 3.85. The zero-order valence-electron chi connectivity index (χ0n) is 15.0. The van der Waals surface area contributed by atoms with Gasteiger partial charge in [0, 0.05) is 46.2 Å². The number of nitrogens with zero attached hydrogens (tertiary/aromatic N) is 1. The largest absolute Gasteiger partial charge is 0.344 e. The molecule has 0 spiro atoms. The fraction of sp³-hybridized carbons (Fsp3) is 0.600. The van der Waals surface area contributed by atoms with Crippen LogP contribution in [0, 0.1) is 5.92 Å². The number of para-hydroxylation sites is 1. The highest BCUT2D eigenvalue weighted by molar-refractivity contribution is 5.87. The molecular formula is C20H30N2. The second kappa shape index (κ2) is 5.13. The first kappa shape index (κ1) is 15.6. The van der Waals surface area contributed by atoms with Crippen LogP contribution in [0.1, 0.15) is 59.2 Å². The van der Waals surface area contributed by atoms with E-state index in [1.165, 1.54) is 28.6 Å². The fourth-order valence-corrected chi connectivity index (χ4v) is 4.25. The summed E-state index contributed by atoms with van der Waals surface area (Å²) in [6.45, 7) is 15.0. The van der Waals surface area contributed by atoms with E-state index in [0.29, 0.717) is 0 Å². The molecule has 2 nitrogen and oxygen atoms in total. The molecule has 0 atom stereocenters. The first-order chi connectivity index (χ1) is 10.2. The smallest absolute Gasteiger partial charge is 0.0486 e. The van der Waals surface area contributed by atoms with Crippen LogP contribution in [0.3, 0.4) is 0 Å². The Kier molecular flexibility index (Phi) is 3.64. The van der Waals surface area contributed by atoms with E-state index in [2.05, 4.69) is 75.7 Å². The van der Waals surface area contributed by atoms with Crippen LogP contribution in [0.15, 0.2) is 24.3 Å². The quantitative estimate of drug-likeness (QED) is 0.857. The van der Waals surface area contributed by atoms with Crippen LogP contribution < -0.4 is 5.32 Å². The number of nitrogens with one attached hydrogen (secondary N) is 1. The maximum Gasteiger partial charge on any atom is 0.0486 e. The molecule has 2 aromatic rings. The van der Waals surface area contributed by atoms with Gasteiger partial charge < -0.3 is 9.88 Å². The van der Waals surface area contributed by atoms with Gasteiger partial charge in [-0.1, -0.05) is 32.0 Å². The summed E-state index contributed by atoms with van der Waals surface area (Å²) in [6, 6.07) is 8.93. The molecule has 2 heterocycles. The lowest BCUT2D eigenvalue weighted by Gasteiger charge is -2.43. The summed E-state index contributed by atoms with van der Waals surface area (Å²) in [7, 11) is 0. The van der Waals surface area contributed by atoms with Gasteiger partial charge >= 0.3 is 0 Å². The van der Waals surface area contributed by atoms with Crippen LogP contribution in [0.5, 0.6) is 0 Å². The van der Waals surface area contributed by atoms with Gasteiger partial charge in [0.25, 0.3) is 0 Å². The van der Waals surface area contributed by atoms with Gasteiger partial charge in [0.1, 0.15) is 0 Å². The summed E-state index contributed by atoms with van der Waals surface area (Å²) in [6.07, 6.45) is 2.33. The van der Waals surface area contributed by atoms with E-state index >= 15 is 0 Å². The van der Waals surface area contributed by atoms with Crippen LogP contribution in [-0.4, -0.2) is 10.1 Å². The van der Waals surface area contributed by atoms with Crippen molar-refractivity contribution >= 4 is 10.9 Å². The molecule has 1 aromatic heterocycles. The molecule has 0 radical (unpaired) electrons. The predicted octanol–water partition coefficient (Wildman–Crippen LogP) is 4.85. The van der Waals surface area contributed by atoms with Gasteiger partial charge in [0.05, 0.1) is 0 Å². The van der Waals surface area contributed by atoms with Gasteiger partial charge in [-0.25, -0.2) is 0 Å². The SMILES string of the molecule is CC(C)CCn1c2c(c3ccccc31)C(C)(C)NC(C)(C)C2. The first-order valence-corrected chi connectivity index (χ1v) is 8.61. The second-order valence-electron chi connectivity index (χ2n) is 8.48. The van der Waals surface area contributed by atoms with Gasteiger partial charge in [-0.2, -0.15) is 0 Å². The molecule has 0 aliphatic carbocycles. The summed E-state index contributed by atoms with van der Waals surface area (Å²) in [5.41, 5.74) is 4.60. The molecule has 120 valence electrons. The van der Waals surface area contributed by atoms with Crippen molar-refractivity contribution < 1.29 is 0 Å². The minimum atomic E-state index is 0.0137. The molecule has 0 saturated carbocycles. The van der Waals surface area contributed by atoms with E-state index < -0.39 is 0 Å². The van der Waals surface area contributed by atoms with Crippen molar-refractivity contribution in [2.24, 2.45) is 5.92 Å². The molecule has 0 fully saturated rings. The number of rotatable bonds is 3. The second-order valence-corrected chi connectivity index (χ2v) is 8.48. The molecule has 1 N–H and O–H groups in total. The number of fused-ring (bicyclic) bond motifs is 3. The Bertz CT molecular complexity index is 689. The zero-order chi connectivity index (χ0) is 16.1. The Morgan fingerprint density at radius 1 is 1.14 bits per heavy atom. The monoisotopic (exact) mass is 298 g/mol. The molecule has 22 heavy (non-hydrogen) atoms. The normalized spacial score (nSPS) is 19.6. The van der Waals surface area contributed by atoms with Crippen LogP contribution in [0.25, 0.3) is 10.9 Å². The molecule has 1 aromatic carbocycles. The maximum absolute atomic E-state index is 3.85. The number of aromatic nitrogens is 1. The lowest BCUT2D eigenvalue weighted by Crippen LogP contribution is -2.55. The van der Waals surface area contributed by atoms with Crippen LogP contribution >= 0.6 is 0 Å². The summed E-state index contributed by atoms with van der Waals surface area (Å²) < 4.78 is 2.59. The third-order valence-electron chi connectivity index (χ3n) is 4.89. The minimum absolute atomic E-state index is 0.0137. The third-order valence-corrected chi connectivity index (χ3v) is 4.89. The average Bonchev–Trinajstić information content (AvgIpc) is 2.67. The Hall–Kier alpha value is -1.28. The van der Waals surface area contributed by atoms with Crippen molar-refractivity contribution in [3.8, 4) is 0 Å². The summed E-state index contributed by atoms with van der Waals surface area (Å²) >= 11 is 0. The van der Waals surface area contributed by atoms with Crippen molar-refractivity contribution in [1.82, 2.24) is 9.88 Å². The fourth-order valence-electron chi connectivity index (χ4n) is 4.25. The van der Waals surface area contributed by atoms with Crippen molar-refractivity contribution in [2.75, 3.05) is 0 Å². The van der Waals surface area contributed by atoms with E-state index in [9.17, 15) is 0 Å². The molecule has 0 unspecified atom stereocenters. The van der Waals surface area contributed by atoms with Gasteiger partial charge in [-0.15, -0.1) is 0 Å². The summed E-state index contributed by atoms with van der Waals surface area (Å²) in [5, 5.41) is 5.27.